The predicted molar refractivity (Wildman–Crippen MR) is 228 cm³/mol. The molecule has 0 aliphatic heterocycles. The second-order valence-electron chi connectivity index (χ2n) is 13.9. The fraction of sp³-hybridized carbons (Fsp3) is 0. The van der Waals surface area contributed by atoms with E-state index in [0.29, 0.717) is 11.1 Å². The molecule has 1 heteroatoms. The number of hydrogen-bond donors (Lipinski definition) is 0. The van der Waals surface area contributed by atoms with E-state index in [1.54, 1.807) is 0 Å². The lowest BCUT2D eigenvalue weighted by Gasteiger charge is -2.21. The van der Waals surface area contributed by atoms with Gasteiger partial charge in [-0.2, -0.15) is 0 Å². The zero-order valence-electron chi connectivity index (χ0n) is 29.5. The van der Waals surface area contributed by atoms with Crippen LogP contribution in [0.4, 0.5) is 0 Å². The highest BCUT2D eigenvalue weighted by molar-refractivity contribution is 6.25. The number of benzene rings is 10. The van der Waals surface area contributed by atoms with Gasteiger partial charge in [-0.25, -0.2) is 0 Å². The second-order valence-corrected chi connectivity index (χ2v) is 13.9. The minimum atomic E-state index is -0.00654. The standard InChI is InChI=1S/C53H34O/c54-53(51-47(43-27-9-19-35-15-1-5-23-39(35)43)31-13-32-48(51)44-28-10-20-36-16-2-6-24-40(36)44)52-49(45-29-11-21-37-17-3-7-25-41(37)45)33-14-34-50(52)46-30-12-22-38-18-4-8-26-42(38)46/h1-34H. The van der Waals surface area contributed by atoms with E-state index >= 15 is 4.79 Å². The first-order valence-electron chi connectivity index (χ1n) is 18.5. The summed E-state index contributed by atoms with van der Waals surface area (Å²) < 4.78 is 0. The van der Waals surface area contributed by atoms with Gasteiger partial charge in [0.1, 0.15) is 0 Å². The third-order valence-electron chi connectivity index (χ3n) is 10.9. The number of hydrogen-bond acceptors (Lipinski definition) is 1. The van der Waals surface area contributed by atoms with Gasteiger partial charge < -0.3 is 0 Å². The molecule has 0 aliphatic carbocycles. The molecular formula is C53H34O. The number of carbonyl (C=O) groups is 1. The number of ketones is 1. The van der Waals surface area contributed by atoms with Crippen molar-refractivity contribution in [1.29, 1.82) is 0 Å². The van der Waals surface area contributed by atoms with Crippen molar-refractivity contribution in [2.75, 3.05) is 0 Å². The highest BCUT2D eigenvalue weighted by Crippen LogP contribution is 2.44. The maximum absolute atomic E-state index is 16.4. The quantitative estimate of drug-likeness (QED) is 0.159. The molecule has 0 saturated heterocycles. The first-order valence-corrected chi connectivity index (χ1v) is 18.5. The van der Waals surface area contributed by atoms with E-state index in [-0.39, 0.29) is 5.78 Å². The summed E-state index contributed by atoms with van der Waals surface area (Å²) in [5.74, 6) is -0.00654. The highest BCUT2D eigenvalue weighted by atomic mass is 16.1. The van der Waals surface area contributed by atoms with Crippen LogP contribution in [0.5, 0.6) is 0 Å². The molecule has 0 aromatic heterocycles. The molecule has 252 valence electrons. The third kappa shape index (κ3) is 5.21. The van der Waals surface area contributed by atoms with Crippen molar-refractivity contribution in [1.82, 2.24) is 0 Å². The SMILES string of the molecule is O=C(c1c(-c2cccc3ccccc23)cccc1-c1cccc2ccccc12)c1c(-c2cccc3ccccc23)cccc1-c1cccc2ccccc12. The zero-order valence-corrected chi connectivity index (χ0v) is 29.5. The van der Waals surface area contributed by atoms with E-state index in [1.165, 1.54) is 0 Å². The van der Waals surface area contributed by atoms with Crippen molar-refractivity contribution in [2.45, 2.75) is 0 Å². The van der Waals surface area contributed by atoms with Crippen molar-refractivity contribution >= 4 is 48.9 Å². The average Bonchev–Trinajstić information content (AvgIpc) is 3.25. The molecule has 0 atom stereocenters. The van der Waals surface area contributed by atoms with Gasteiger partial charge >= 0.3 is 0 Å². The van der Waals surface area contributed by atoms with Crippen molar-refractivity contribution < 1.29 is 4.79 Å². The monoisotopic (exact) mass is 686 g/mol. The van der Waals surface area contributed by atoms with E-state index in [0.717, 1.165) is 87.6 Å². The van der Waals surface area contributed by atoms with Crippen molar-refractivity contribution in [3.8, 4) is 44.5 Å². The van der Waals surface area contributed by atoms with Gasteiger partial charge in [0.2, 0.25) is 0 Å². The summed E-state index contributed by atoms with van der Waals surface area (Å²) in [7, 11) is 0. The zero-order chi connectivity index (χ0) is 36.0. The van der Waals surface area contributed by atoms with Gasteiger partial charge in [-0.05, 0) is 87.6 Å². The summed E-state index contributed by atoms with van der Waals surface area (Å²) in [5.41, 5.74) is 9.19. The van der Waals surface area contributed by atoms with E-state index in [2.05, 4.69) is 206 Å². The number of carbonyl (C=O) groups excluding carboxylic acids is 1. The van der Waals surface area contributed by atoms with Gasteiger partial charge in [-0.1, -0.05) is 206 Å². The Balaban J connectivity index is 1.35. The molecule has 0 radical (unpaired) electrons. The number of fused-ring (bicyclic) bond motifs is 4. The Hall–Kier alpha value is -7.09. The molecule has 10 aromatic carbocycles. The second kappa shape index (κ2) is 13.2. The van der Waals surface area contributed by atoms with Gasteiger partial charge in [0, 0.05) is 11.1 Å². The van der Waals surface area contributed by atoms with Gasteiger partial charge in [0.25, 0.3) is 0 Å². The Kier molecular flexibility index (Phi) is 7.70. The fourth-order valence-corrected chi connectivity index (χ4v) is 8.46. The molecule has 54 heavy (non-hydrogen) atoms. The van der Waals surface area contributed by atoms with Crippen LogP contribution in [-0.2, 0) is 0 Å². The molecule has 1 nitrogen and oxygen atoms in total. The van der Waals surface area contributed by atoms with Crippen LogP contribution in [0.25, 0.3) is 87.6 Å². The van der Waals surface area contributed by atoms with Gasteiger partial charge in [-0.3, -0.25) is 4.79 Å². The summed E-state index contributed by atoms with van der Waals surface area (Å²) in [5, 5.41) is 8.99. The van der Waals surface area contributed by atoms with Crippen LogP contribution in [0.2, 0.25) is 0 Å². The summed E-state index contributed by atoms with van der Waals surface area (Å²) in [6.07, 6.45) is 0. The van der Waals surface area contributed by atoms with Crippen LogP contribution in [0.1, 0.15) is 15.9 Å². The van der Waals surface area contributed by atoms with E-state index in [4.69, 9.17) is 0 Å². The summed E-state index contributed by atoms with van der Waals surface area (Å²) in [6, 6.07) is 72.1. The smallest absolute Gasteiger partial charge is 0.195 e. The largest absolute Gasteiger partial charge is 0.289 e. The molecule has 0 heterocycles. The summed E-state index contributed by atoms with van der Waals surface area (Å²) in [6.45, 7) is 0. The lowest BCUT2D eigenvalue weighted by Crippen LogP contribution is -2.10. The van der Waals surface area contributed by atoms with Crippen LogP contribution in [0.3, 0.4) is 0 Å². The Morgan fingerprint density at radius 2 is 0.426 bits per heavy atom. The van der Waals surface area contributed by atoms with Crippen LogP contribution >= 0.6 is 0 Å². The lowest BCUT2D eigenvalue weighted by atomic mass is 9.80. The number of rotatable bonds is 6. The average molecular weight is 687 g/mol. The van der Waals surface area contributed by atoms with Gasteiger partial charge in [0.05, 0.1) is 0 Å². The molecule has 0 saturated carbocycles. The molecule has 0 fully saturated rings. The van der Waals surface area contributed by atoms with Crippen molar-refractivity contribution in [3.63, 3.8) is 0 Å². The highest BCUT2D eigenvalue weighted by Gasteiger charge is 2.28. The minimum Gasteiger partial charge on any atom is -0.289 e. The Morgan fingerprint density at radius 1 is 0.222 bits per heavy atom. The third-order valence-corrected chi connectivity index (χ3v) is 10.9. The molecule has 10 aromatic rings. The van der Waals surface area contributed by atoms with Crippen LogP contribution in [0, 0.1) is 0 Å². The lowest BCUT2D eigenvalue weighted by molar-refractivity contribution is 0.104. The van der Waals surface area contributed by atoms with Crippen molar-refractivity contribution in [3.05, 3.63) is 217 Å². The van der Waals surface area contributed by atoms with Crippen LogP contribution < -0.4 is 0 Å². The predicted octanol–water partition coefficient (Wildman–Crippen LogP) is 14.2. The van der Waals surface area contributed by atoms with Crippen LogP contribution in [-0.4, -0.2) is 5.78 Å². The first-order chi connectivity index (χ1) is 26.7. The molecule has 0 N–H and O–H groups in total. The van der Waals surface area contributed by atoms with E-state index < -0.39 is 0 Å². The fourth-order valence-electron chi connectivity index (χ4n) is 8.46. The Labute approximate surface area is 314 Å². The van der Waals surface area contributed by atoms with Crippen molar-refractivity contribution in [2.24, 2.45) is 0 Å². The van der Waals surface area contributed by atoms with Gasteiger partial charge in [-0.15, -0.1) is 0 Å². The maximum atomic E-state index is 16.4. The Morgan fingerprint density at radius 3 is 0.704 bits per heavy atom. The molecule has 0 spiro atoms. The molecule has 0 aliphatic rings. The first kappa shape index (κ1) is 31.6. The summed E-state index contributed by atoms with van der Waals surface area (Å²) in [4.78, 5) is 16.4. The molecule has 0 amide bonds. The molecule has 10 rings (SSSR count). The maximum Gasteiger partial charge on any atom is 0.195 e. The van der Waals surface area contributed by atoms with E-state index in [9.17, 15) is 0 Å². The normalized spacial score (nSPS) is 11.4. The minimum absolute atomic E-state index is 0.00654. The molecule has 0 unspecified atom stereocenters. The van der Waals surface area contributed by atoms with Crippen LogP contribution in [0.15, 0.2) is 206 Å². The molecular weight excluding hydrogens is 653 g/mol. The van der Waals surface area contributed by atoms with E-state index in [1.807, 2.05) is 0 Å². The summed E-state index contributed by atoms with van der Waals surface area (Å²) >= 11 is 0. The topological polar surface area (TPSA) is 17.1 Å². The Bertz CT molecular complexity index is 2650. The molecule has 0 bridgehead atoms. The van der Waals surface area contributed by atoms with Gasteiger partial charge in [0.15, 0.2) is 5.78 Å².